The molecule has 5 nitrogen and oxygen atoms in total. The Morgan fingerprint density at radius 1 is 1.04 bits per heavy atom. The van der Waals surface area contributed by atoms with Crippen molar-refractivity contribution in [2.75, 3.05) is 18.4 Å². The Morgan fingerprint density at radius 2 is 1.73 bits per heavy atom. The van der Waals surface area contributed by atoms with Gasteiger partial charge in [0, 0.05) is 19.5 Å². The number of anilines is 1. The van der Waals surface area contributed by atoms with Gasteiger partial charge in [0.05, 0.1) is 11.3 Å². The number of benzene rings is 2. The van der Waals surface area contributed by atoms with Crippen molar-refractivity contribution in [1.82, 2.24) is 5.32 Å². The summed E-state index contributed by atoms with van der Waals surface area (Å²) in [5, 5.41) is 5.56. The van der Waals surface area contributed by atoms with E-state index < -0.39 is 0 Å². The summed E-state index contributed by atoms with van der Waals surface area (Å²) in [5.41, 5.74) is 8.78. The molecule has 0 heterocycles. The summed E-state index contributed by atoms with van der Waals surface area (Å²) in [6, 6.07) is 15.3. The topological polar surface area (TPSA) is 84.2 Å². The average Bonchev–Trinajstić information content (AvgIpc) is 2.65. The molecule has 2 amide bonds. The van der Waals surface area contributed by atoms with Gasteiger partial charge < -0.3 is 16.4 Å². The van der Waals surface area contributed by atoms with Crippen LogP contribution in [0.4, 0.5) is 5.69 Å². The lowest BCUT2D eigenvalue weighted by Gasteiger charge is -2.11. The number of hydrogen-bond acceptors (Lipinski definition) is 3. The van der Waals surface area contributed by atoms with Crippen molar-refractivity contribution >= 4 is 17.5 Å². The molecule has 0 aromatic heterocycles. The first-order valence-corrected chi connectivity index (χ1v) is 8.97. The molecule has 2 rings (SSSR count). The highest BCUT2D eigenvalue weighted by Crippen LogP contribution is 2.17. The van der Waals surface area contributed by atoms with Gasteiger partial charge in [-0.25, -0.2) is 0 Å². The summed E-state index contributed by atoms with van der Waals surface area (Å²) in [7, 11) is 0. The lowest BCUT2D eigenvalue weighted by atomic mass is 10.0. The van der Waals surface area contributed by atoms with Gasteiger partial charge in [-0.3, -0.25) is 9.59 Å². The zero-order valence-electron chi connectivity index (χ0n) is 15.4. The summed E-state index contributed by atoms with van der Waals surface area (Å²) in [6.45, 7) is 5.08. The zero-order chi connectivity index (χ0) is 18.9. The van der Waals surface area contributed by atoms with Crippen LogP contribution in [-0.2, 0) is 11.2 Å². The van der Waals surface area contributed by atoms with Crippen LogP contribution < -0.4 is 16.4 Å². The van der Waals surface area contributed by atoms with Crippen LogP contribution in [0.5, 0.6) is 0 Å². The van der Waals surface area contributed by atoms with Gasteiger partial charge in [0.25, 0.3) is 5.91 Å². The molecule has 0 saturated heterocycles. The van der Waals surface area contributed by atoms with Crippen LogP contribution in [0.3, 0.4) is 0 Å². The molecule has 0 bridgehead atoms. The minimum atomic E-state index is -0.240. The fourth-order valence-electron chi connectivity index (χ4n) is 2.61. The predicted octanol–water partition coefficient (Wildman–Crippen LogP) is 3.07. The molecule has 4 N–H and O–H groups in total. The Kier molecular flexibility index (Phi) is 7.36. The van der Waals surface area contributed by atoms with Crippen LogP contribution in [-0.4, -0.2) is 24.9 Å². The van der Waals surface area contributed by atoms with Crippen LogP contribution in [0.1, 0.15) is 47.7 Å². The normalized spacial score (nSPS) is 10.6. The number of nitrogens with two attached hydrogens (primary N) is 1. The minimum Gasteiger partial charge on any atom is -0.351 e. The van der Waals surface area contributed by atoms with E-state index in [4.69, 9.17) is 5.73 Å². The van der Waals surface area contributed by atoms with E-state index in [1.54, 1.807) is 24.3 Å². The zero-order valence-corrected chi connectivity index (χ0v) is 15.4. The van der Waals surface area contributed by atoms with Crippen LogP contribution in [0.2, 0.25) is 0 Å². The molecule has 2 aromatic carbocycles. The Balaban J connectivity index is 1.94. The molecule has 0 fully saturated rings. The monoisotopic (exact) mass is 353 g/mol. The molecule has 0 aliphatic rings. The molecule has 0 atom stereocenters. The molecule has 0 unspecified atom stereocenters. The van der Waals surface area contributed by atoms with Crippen molar-refractivity contribution in [3.05, 3.63) is 65.2 Å². The molecule has 0 spiro atoms. The molecular formula is C21H27N3O2. The third-order valence-corrected chi connectivity index (χ3v) is 4.16. The first kappa shape index (κ1) is 19.7. The van der Waals surface area contributed by atoms with E-state index >= 15 is 0 Å². The number of carbonyl (C=O) groups excluding carboxylic acids is 2. The SMILES string of the molecule is CC(C)c1ccc(CCC(=O)Nc2ccccc2C(=O)NCCN)cc1. The fraction of sp³-hybridized carbons (Fsp3) is 0.333. The van der Waals surface area contributed by atoms with E-state index in [0.717, 1.165) is 5.56 Å². The lowest BCUT2D eigenvalue weighted by molar-refractivity contribution is -0.116. The second-order valence-corrected chi connectivity index (χ2v) is 6.53. The first-order valence-electron chi connectivity index (χ1n) is 8.97. The number of nitrogens with one attached hydrogen (secondary N) is 2. The molecule has 0 aliphatic heterocycles. The number of rotatable bonds is 8. The van der Waals surface area contributed by atoms with Crippen molar-refractivity contribution in [2.24, 2.45) is 5.73 Å². The van der Waals surface area contributed by atoms with Gasteiger partial charge in [-0.05, 0) is 35.6 Å². The second-order valence-electron chi connectivity index (χ2n) is 6.53. The van der Waals surface area contributed by atoms with Gasteiger partial charge in [-0.15, -0.1) is 0 Å². The molecule has 138 valence electrons. The number of carbonyl (C=O) groups is 2. The van der Waals surface area contributed by atoms with Gasteiger partial charge in [0.15, 0.2) is 0 Å². The Hall–Kier alpha value is -2.66. The van der Waals surface area contributed by atoms with E-state index in [-0.39, 0.29) is 11.8 Å². The quantitative estimate of drug-likeness (QED) is 0.682. The van der Waals surface area contributed by atoms with Gasteiger partial charge >= 0.3 is 0 Å². The van der Waals surface area contributed by atoms with Crippen molar-refractivity contribution in [3.8, 4) is 0 Å². The predicted molar refractivity (Wildman–Crippen MR) is 105 cm³/mol. The lowest BCUT2D eigenvalue weighted by Crippen LogP contribution is -2.30. The summed E-state index contributed by atoms with van der Waals surface area (Å²) in [6.07, 6.45) is 1.02. The maximum atomic E-state index is 12.3. The maximum absolute atomic E-state index is 12.3. The summed E-state index contributed by atoms with van der Waals surface area (Å²) >= 11 is 0. The Morgan fingerprint density at radius 3 is 2.38 bits per heavy atom. The number of aryl methyl sites for hydroxylation is 1. The molecule has 26 heavy (non-hydrogen) atoms. The number of hydrogen-bond donors (Lipinski definition) is 3. The minimum absolute atomic E-state index is 0.114. The van der Waals surface area contributed by atoms with Gasteiger partial charge in [-0.2, -0.15) is 0 Å². The van der Waals surface area contributed by atoms with Crippen LogP contribution in [0.15, 0.2) is 48.5 Å². The highest BCUT2D eigenvalue weighted by molar-refractivity contribution is 6.03. The fourth-order valence-corrected chi connectivity index (χ4v) is 2.61. The van der Waals surface area contributed by atoms with Crippen molar-refractivity contribution in [2.45, 2.75) is 32.6 Å². The van der Waals surface area contributed by atoms with Gasteiger partial charge in [-0.1, -0.05) is 50.2 Å². The molecule has 0 aliphatic carbocycles. The van der Waals surface area contributed by atoms with E-state index in [1.807, 2.05) is 0 Å². The van der Waals surface area contributed by atoms with E-state index in [2.05, 4.69) is 48.7 Å². The Labute approximate surface area is 155 Å². The average molecular weight is 353 g/mol. The second kappa shape index (κ2) is 9.73. The van der Waals surface area contributed by atoms with Crippen molar-refractivity contribution in [1.29, 1.82) is 0 Å². The number of para-hydroxylation sites is 1. The third kappa shape index (κ3) is 5.70. The van der Waals surface area contributed by atoms with Crippen molar-refractivity contribution < 1.29 is 9.59 Å². The smallest absolute Gasteiger partial charge is 0.253 e. The van der Waals surface area contributed by atoms with E-state index in [1.165, 1.54) is 5.56 Å². The molecular weight excluding hydrogens is 326 g/mol. The Bertz CT molecular complexity index is 739. The molecule has 5 heteroatoms. The molecule has 0 saturated carbocycles. The van der Waals surface area contributed by atoms with Crippen LogP contribution >= 0.6 is 0 Å². The summed E-state index contributed by atoms with van der Waals surface area (Å²) in [4.78, 5) is 24.4. The van der Waals surface area contributed by atoms with Gasteiger partial charge in [0.1, 0.15) is 0 Å². The molecule has 2 aromatic rings. The highest BCUT2D eigenvalue weighted by atomic mass is 16.2. The largest absolute Gasteiger partial charge is 0.351 e. The molecule has 0 radical (unpaired) electrons. The highest BCUT2D eigenvalue weighted by Gasteiger charge is 2.12. The first-order chi connectivity index (χ1) is 12.5. The van der Waals surface area contributed by atoms with Crippen molar-refractivity contribution in [3.63, 3.8) is 0 Å². The van der Waals surface area contributed by atoms with E-state index in [9.17, 15) is 9.59 Å². The van der Waals surface area contributed by atoms with Crippen LogP contribution in [0, 0.1) is 0 Å². The van der Waals surface area contributed by atoms with E-state index in [0.29, 0.717) is 43.1 Å². The summed E-state index contributed by atoms with van der Waals surface area (Å²) in [5.74, 6) is 0.141. The standard InChI is InChI=1S/C21H27N3O2/c1-15(2)17-10-7-16(8-11-17)9-12-20(25)24-19-6-4-3-5-18(19)21(26)23-14-13-22/h3-8,10-11,15H,9,12-14,22H2,1-2H3,(H,23,26)(H,24,25). The number of amides is 2. The maximum Gasteiger partial charge on any atom is 0.253 e. The van der Waals surface area contributed by atoms with Gasteiger partial charge in [0.2, 0.25) is 5.91 Å². The summed E-state index contributed by atoms with van der Waals surface area (Å²) < 4.78 is 0. The third-order valence-electron chi connectivity index (χ3n) is 4.16. The van der Waals surface area contributed by atoms with Crippen LogP contribution in [0.25, 0.3) is 0 Å².